The van der Waals surface area contributed by atoms with Crippen molar-refractivity contribution in [3.05, 3.63) is 61.2 Å². The van der Waals surface area contributed by atoms with Gasteiger partial charge in [-0.15, -0.1) is 13.2 Å². The van der Waals surface area contributed by atoms with Crippen molar-refractivity contribution in [2.75, 3.05) is 14.2 Å². The van der Waals surface area contributed by atoms with Gasteiger partial charge in [0.15, 0.2) is 5.54 Å². The summed E-state index contributed by atoms with van der Waals surface area (Å²) < 4.78 is 22.4. The zero-order chi connectivity index (χ0) is 21.7. The fourth-order valence-corrected chi connectivity index (χ4v) is 3.62. The van der Waals surface area contributed by atoms with Gasteiger partial charge in [-0.25, -0.2) is 9.59 Å². The highest BCUT2D eigenvalue weighted by molar-refractivity contribution is 5.88. The Morgan fingerprint density at radius 2 is 1.69 bits per heavy atom. The van der Waals surface area contributed by atoms with Crippen molar-refractivity contribution in [1.29, 1.82) is 0 Å². The molecule has 1 fully saturated rings. The van der Waals surface area contributed by atoms with E-state index in [-0.39, 0.29) is 19.4 Å². The smallest absolute Gasteiger partial charge is 0.413 e. The second-order valence-electron chi connectivity index (χ2n) is 7.12. The number of ether oxygens (including phenoxy) is 4. The highest BCUT2D eigenvalue weighted by atomic mass is 16.7. The van der Waals surface area contributed by atoms with Crippen molar-refractivity contribution in [3.63, 3.8) is 0 Å². The molecule has 0 unspecified atom stereocenters. The lowest BCUT2D eigenvalue weighted by atomic mass is 9.83. The number of methoxy groups -OCH3 is 2. The zero-order valence-electron chi connectivity index (χ0n) is 17.5. The number of benzene rings is 1. The number of esters is 1. The van der Waals surface area contributed by atoms with Crippen LogP contribution in [0.5, 0.6) is 0 Å². The van der Waals surface area contributed by atoms with Crippen molar-refractivity contribution in [3.8, 4) is 0 Å². The number of cyclic esters (lactones) is 1. The largest absolute Gasteiger partial charge is 0.444 e. The molecule has 0 radical (unpaired) electrons. The minimum Gasteiger partial charge on any atom is -0.444 e. The van der Waals surface area contributed by atoms with Crippen LogP contribution in [0.15, 0.2) is 55.6 Å². The molecule has 29 heavy (non-hydrogen) atoms. The first kappa shape index (κ1) is 22.6. The van der Waals surface area contributed by atoms with Gasteiger partial charge in [0.25, 0.3) is 5.79 Å². The van der Waals surface area contributed by atoms with E-state index >= 15 is 0 Å². The van der Waals surface area contributed by atoms with E-state index in [1.54, 1.807) is 19.1 Å². The maximum absolute atomic E-state index is 13.4. The van der Waals surface area contributed by atoms with Gasteiger partial charge in [0.05, 0.1) is 0 Å². The predicted molar refractivity (Wildman–Crippen MR) is 108 cm³/mol. The van der Waals surface area contributed by atoms with Crippen LogP contribution in [0.2, 0.25) is 0 Å². The number of morpholine rings is 1. The third-order valence-corrected chi connectivity index (χ3v) is 5.50. The Hall–Kier alpha value is -2.64. The van der Waals surface area contributed by atoms with E-state index in [4.69, 9.17) is 18.9 Å². The summed E-state index contributed by atoms with van der Waals surface area (Å²) in [6.45, 7) is 10.7. The Morgan fingerprint density at radius 3 is 2.17 bits per heavy atom. The van der Waals surface area contributed by atoms with Gasteiger partial charge in [0, 0.05) is 21.1 Å². The third kappa shape index (κ3) is 3.80. The Morgan fingerprint density at radius 1 is 1.10 bits per heavy atom. The molecule has 0 aliphatic carbocycles. The van der Waals surface area contributed by atoms with E-state index in [1.807, 2.05) is 30.3 Å². The predicted octanol–water partition coefficient (Wildman–Crippen LogP) is 3.80. The first-order valence-electron chi connectivity index (χ1n) is 9.31. The van der Waals surface area contributed by atoms with Crippen molar-refractivity contribution < 1.29 is 28.5 Å². The second-order valence-corrected chi connectivity index (χ2v) is 7.12. The molecular weight excluding hydrogens is 374 g/mol. The molecular formula is C22H29NO6. The second kappa shape index (κ2) is 8.80. The van der Waals surface area contributed by atoms with Crippen LogP contribution in [0.3, 0.4) is 0 Å². The molecule has 1 aromatic rings. The molecule has 1 aliphatic heterocycles. The van der Waals surface area contributed by atoms with Gasteiger partial charge < -0.3 is 18.9 Å². The Labute approximate surface area is 171 Å². The Kier molecular flexibility index (Phi) is 6.87. The lowest BCUT2D eigenvalue weighted by Crippen LogP contribution is -2.78. The van der Waals surface area contributed by atoms with E-state index in [9.17, 15) is 9.59 Å². The minimum atomic E-state index is -1.56. The monoisotopic (exact) mass is 403 g/mol. The summed E-state index contributed by atoms with van der Waals surface area (Å²) in [7, 11) is 2.80. The molecule has 7 nitrogen and oxygen atoms in total. The maximum Gasteiger partial charge on any atom is 0.413 e. The molecule has 0 bridgehead atoms. The molecule has 0 saturated carbocycles. The van der Waals surface area contributed by atoms with Gasteiger partial charge in [-0.1, -0.05) is 42.5 Å². The van der Waals surface area contributed by atoms with Gasteiger partial charge >= 0.3 is 12.1 Å². The van der Waals surface area contributed by atoms with E-state index in [0.717, 1.165) is 5.56 Å². The number of carbonyl (C=O) groups is 2. The number of hydrogen-bond acceptors (Lipinski definition) is 6. The molecule has 7 heteroatoms. The van der Waals surface area contributed by atoms with Crippen LogP contribution >= 0.6 is 0 Å². The van der Waals surface area contributed by atoms with Gasteiger partial charge in [-0.3, -0.25) is 4.90 Å². The average molecular weight is 403 g/mol. The van der Waals surface area contributed by atoms with Crippen LogP contribution in [0.1, 0.15) is 32.3 Å². The topological polar surface area (TPSA) is 74.3 Å². The normalized spacial score (nSPS) is 25.8. The number of carbonyl (C=O) groups excluding carboxylic acids is 2. The average Bonchev–Trinajstić information content (AvgIpc) is 2.72. The van der Waals surface area contributed by atoms with Crippen LogP contribution in [-0.4, -0.2) is 48.2 Å². The quantitative estimate of drug-likeness (QED) is 0.486. The molecule has 1 aromatic carbocycles. The van der Waals surface area contributed by atoms with Gasteiger partial charge in [-0.05, 0) is 25.3 Å². The molecule has 0 spiro atoms. The summed E-state index contributed by atoms with van der Waals surface area (Å²) in [4.78, 5) is 27.8. The molecule has 2 rings (SSSR count). The fourth-order valence-electron chi connectivity index (χ4n) is 3.62. The van der Waals surface area contributed by atoms with E-state index in [2.05, 4.69) is 13.2 Å². The minimum absolute atomic E-state index is 0.0347. The lowest BCUT2D eigenvalue weighted by molar-refractivity contribution is -0.361. The van der Waals surface area contributed by atoms with E-state index < -0.39 is 29.1 Å². The number of hydrogen-bond donors (Lipinski definition) is 0. The molecule has 1 aliphatic rings. The van der Waals surface area contributed by atoms with E-state index in [0.29, 0.717) is 0 Å². The molecule has 158 valence electrons. The molecule has 0 aromatic heterocycles. The summed E-state index contributed by atoms with van der Waals surface area (Å²) in [5, 5.41) is 0. The number of amides is 1. The molecule has 1 saturated heterocycles. The summed E-state index contributed by atoms with van der Waals surface area (Å²) in [6, 6.07) is 9.25. The summed E-state index contributed by atoms with van der Waals surface area (Å²) >= 11 is 0. The van der Waals surface area contributed by atoms with Crippen LogP contribution in [0, 0.1) is 0 Å². The summed E-state index contributed by atoms with van der Waals surface area (Å²) in [6.07, 6.45) is 2.61. The maximum atomic E-state index is 13.4. The van der Waals surface area contributed by atoms with E-state index in [1.165, 1.54) is 26.0 Å². The number of rotatable bonds is 8. The van der Waals surface area contributed by atoms with Crippen molar-refractivity contribution in [2.24, 2.45) is 0 Å². The van der Waals surface area contributed by atoms with Crippen molar-refractivity contribution in [1.82, 2.24) is 4.90 Å². The molecule has 2 atom stereocenters. The van der Waals surface area contributed by atoms with Gasteiger partial charge in [0.1, 0.15) is 6.61 Å². The van der Waals surface area contributed by atoms with Gasteiger partial charge in [-0.2, -0.15) is 0 Å². The van der Waals surface area contributed by atoms with Crippen LogP contribution in [0.25, 0.3) is 0 Å². The highest BCUT2D eigenvalue weighted by Gasteiger charge is 2.68. The Balaban J connectivity index is 2.54. The van der Waals surface area contributed by atoms with Crippen molar-refractivity contribution >= 4 is 12.1 Å². The van der Waals surface area contributed by atoms with Crippen LogP contribution in [0.4, 0.5) is 4.79 Å². The van der Waals surface area contributed by atoms with Crippen LogP contribution in [-0.2, 0) is 30.3 Å². The first-order chi connectivity index (χ1) is 13.7. The third-order valence-electron chi connectivity index (χ3n) is 5.50. The first-order valence-corrected chi connectivity index (χ1v) is 9.31. The molecule has 1 heterocycles. The lowest BCUT2D eigenvalue weighted by Gasteiger charge is -2.58. The zero-order valence-corrected chi connectivity index (χ0v) is 17.5. The Bertz CT molecular complexity index is 754. The standard InChI is InChI=1S/C22H29NO6/c1-7-14-22(15-8-2)18(24)29-21(4,27-6)20(3,26-5)23(22)19(25)28-16-17-12-10-9-11-13-17/h7-13H,1-2,14-16H2,3-6H3/t20-,21+/m1/s1. The molecule has 1 amide bonds. The van der Waals surface area contributed by atoms with Crippen LogP contribution < -0.4 is 0 Å². The van der Waals surface area contributed by atoms with Gasteiger partial charge in [0.2, 0.25) is 5.72 Å². The number of nitrogens with zero attached hydrogens (tertiary/aromatic N) is 1. The SMILES string of the molecule is C=CCC1(CC=C)C(=O)O[C@](C)(OC)[C@@](C)(OC)N1C(=O)OCc1ccccc1. The summed E-state index contributed by atoms with van der Waals surface area (Å²) in [5.41, 5.74) is -2.10. The van der Waals surface area contributed by atoms with Crippen molar-refractivity contribution in [2.45, 2.75) is 50.3 Å². The summed E-state index contributed by atoms with van der Waals surface area (Å²) in [5.74, 6) is -2.20. The molecule has 0 N–H and O–H groups in total. The highest BCUT2D eigenvalue weighted by Crippen LogP contribution is 2.47. The fraction of sp³-hybridized carbons (Fsp3) is 0.455.